The predicted octanol–water partition coefficient (Wildman–Crippen LogP) is 1.50. The molecule has 0 aliphatic carbocycles. The average molecular weight is 333 g/mol. The highest BCUT2D eigenvalue weighted by Crippen LogP contribution is 2.22. The molecule has 1 aliphatic heterocycles. The van der Waals surface area contributed by atoms with Crippen LogP contribution in [0.4, 0.5) is 11.8 Å². The van der Waals surface area contributed by atoms with E-state index in [9.17, 15) is 5.11 Å². The lowest BCUT2D eigenvalue weighted by atomic mass is 10.1. The fourth-order valence-electron chi connectivity index (χ4n) is 3.09. The smallest absolute Gasteiger partial charge is 0.222 e. The first kappa shape index (κ1) is 16.2. The van der Waals surface area contributed by atoms with Gasteiger partial charge in [0, 0.05) is 50.6 Å². The van der Waals surface area contributed by atoms with Gasteiger partial charge in [0.15, 0.2) is 0 Å². The highest BCUT2D eigenvalue weighted by Gasteiger charge is 2.27. The van der Waals surface area contributed by atoms with E-state index in [-0.39, 0.29) is 6.61 Å². The quantitative estimate of drug-likeness (QED) is 0.863. The number of aromatic nitrogens is 2. The largest absolute Gasteiger partial charge is 0.396 e. The van der Waals surface area contributed by atoms with Gasteiger partial charge in [0.05, 0.1) is 0 Å². The highest BCUT2D eigenvalue weighted by atomic mass is 32.1. The molecular weight excluding hydrogens is 310 g/mol. The Morgan fingerprint density at radius 3 is 2.96 bits per heavy atom. The Kier molecular flexibility index (Phi) is 5.09. The second-order valence-corrected chi connectivity index (χ2v) is 6.72. The third-order valence-corrected chi connectivity index (χ3v) is 4.95. The Hall–Kier alpha value is -1.70. The number of nitrogen functional groups attached to an aromatic ring is 1. The molecule has 2 aromatic rings. The van der Waals surface area contributed by atoms with Gasteiger partial charge in [-0.25, -0.2) is 4.98 Å². The molecule has 0 radical (unpaired) electrons. The minimum atomic E-state index is 0.198. The van der Waals surface area contributed by atoms with E-state index in [1.165, 1.54) is 5.56 Å². The summed E-state index contributed by atoms with van der Waals surface area (Å²) in [5, 5.41) is 13.7. The summed E-state index contributed by atoms with van der Waals surface area (Å²) >= 11 is 1.73. The first-order chi connectivity index (χ1) is 11.2. The molecule has 3 N–H and O–H groups in total. The number of aryl methyl sites for hydroxylation is 1. The van der Waals surface area contributed by atoms with Gasteiger partial charge in [-0.15, -0.1) is 0 Å². The van der Waals surface area contributed by atoms with Gasteiger partial charge in [0.2, 0.25) is 5.95 Å². The SMILES string of the molecule is Cc1cc(N2CCN(Cc3ccsc3)[C@@H](CCO)C2)nc(N)n1. The molecule has 0 unspecified atom stereocenters. The Balaban J connectivity index is 1.72. The summed E-state index contributed by atoms with van der Waals surface area (Å²) in [5.74, 6) is 1.20. The minimum Gasteiger partial charge on any atom is -0.396 e. The molecule has 0 aromatic carbocycles. The second kappa shape index (κ2) is 7.25. The molecule has 7 heteroatoms. The molecule has 1 fully saturated rings. The lowest BCUT2D eigenvalue weighted by molar-refractivity contribution is 0.135. The van der Waals surface area contributed by atoms with E-state index in [0.717, 1.165) is 44.1 Å². The van der Waals surface area contributed by atoms with Crippen molar-refractivity contribution in [2.45, 2.75) is 25.9 Å². The van der Waals surface area contributed by atoms with Crippen molar-refractivity contribution in [3.05, 3.63) is 34.2 Å². The molecule has 6 nitrogen and oxygen atoms in total. The number of piperazine rings is 1. The fraction of sp³-hybridized carbons (Fsp3) is 0.500. The van der Waals surface area contributed by atoms with Crippen molar-refractivity contribution in [1.82, 2.24) is 14.9 Å². The molecule has 124 valence electrons. The number of aliphatic hydroxyl groups excluding tert-OH is 1. The van der Waals surface area contributed by atoms with Gasteiger partial charge >= 0.3 is 0 Å². The van der Waals surface area contributed by atoms with Gasteiger partial charge in [-0.1, -0.05) is 0 Å². The van der Waals surface area contributed by atoms with Crippen LogP contribution in [0.25, 0.3) is 0 Å². The van der Waals surface area contributed by atoms with E-state index in [0.29, 0.717) is 12.0 Å². The van der Waals surface area contributed by atoms with Crippen LogP contribution in [0.15, 0.2) is 22.9 Å². The van der Waals surface area contributed by atoms with E-state index in [1.807, 2.05) is 13.0 Å². The van der Waals surface area contributed by atoms with Gasteiger partial charge in [0.25, 0.3) is 0 Å². The molecule has 0 amide bonds. The van der Waals surface area contributed by atoms with Gasteiger partial charge < -0.3 is 15.7 Å². The zero-order valence-corrected chi connectivity index (χ0v) is 14.2. The number of hydrogen-bond acceptors (Lipinski definition) is 7. The number of hydrogen-bond donors (Lipinski definition) is 2. The van der Waals surface area contributed by atoms with Crippen molar-refractivity contribution < 1.29 is 5.11 Å². The number of thiophene rings is 1. The highest BCUT2D eigenvalue weighted by molar-refractivity contribution is 7.07. The Morgan fingerprint density at radius 2 is 2.26 bits per heavy atom. The van der Waals surface area contributed by atoms with Crippen molar-refractivity contribution in [2.75, 3.05) is 36.9 Å². The summed E-state index contributed by atoms with van der Waals surface area (Å²) in [5.41, 5.74) is 8.00. The number of aliphatic hydroxyl groups is 1. The molecule has 1 atom stereocenters. The minimum absolute atomic E-state index is 0.198. The molecule has 0 bridgehead atoms. The molecule has 0 spiro atoms. The first-order valence-corrected chi connectivity index (χ1v) is 8.82. The van der Waals surface area contributed by atoms with Crippen molar-refractivity contribution >= 4 is 23.1 Å². The third-order valence-electron chi connectivity index (χ3n) is 4.21. The number of nitrogens with two attached hydrogens (primary N) is 1. The molecular formula is C16H23N5OS. The molecule has 3 rings (SSSR count). The molecule has 1 aliphatic rings. The summed E-state index contributed by atoms with van der Waals surface area (Å²) in [6.45, 7) is 5.77. The topological polar surface area (TPSA) is 78.5 Å². The maximum Gasteiger partial charge on any atom is 0.222 e. The Morgan fingerprint density at radius 1 is 1.39 bits per heavy atom. The summed E-state index contributed by atoms with van der Waals surface area (Å²) in [4.78, 5) is 13.2. The molecule has 23 heavy (non-hydrogen) atoms. The van der Waals surface area contributed by atoms with Crippen molar-refractivity contribution in [3.63, 3.8) is 0 Å². The van der Waals surface area contributed by atoms with E-state index >= 15 is 0 Å². The summed E-state index contributed by atoms with van der Waals surface area (Å²) in [7, 11) is 0. The third kappa shape index (κ3) is 3.99. The van der Waals surface area contributed by atoms with Gasteiger partial charge in [-0.3, -0.25) is 4.90 Å². The van der Waals surface area contributed by atoms with Crippen LogP contribution >= 0.6 is 11.3 Å². The number of anilines is 2. The van der Waals surface area contributed by atoms with Crippen molar-refractivity contribution in [1.29, 1.82) is 0 Å². The van der Waals surface area contributed by atoms with E-state index in [4.69, 9.17) is 5.73 Å². The second-order valence-electron chi connectivity index (χ2n) is 5.94. The molecule has 1 saturated heterocycles. The maximum absolute atomic E-state index is 9.42. The number of nitrogens with zero attached hydrogens (tertiary/aromatic N) is 4. The van der Waals surface area contributed by atoms with Crippen molar-refractivity contribution in [2.24, 2.45) is 0 Å². The Labute approximate surface area is 140 Å². The Bertz CT molecular complexity index is 613. The van der Waals surface area contributed by atoms with Gasteiger partial charge in [-0.05, 0) is 35.7 Å². The van der Waals surface area contributed by atoms with Crippen molar-refractivity contribution in [3.8, 4) is 0 Å². The lowest BCUT2D eigenvalue weighted by Gasteiger charge is -2.42. The molecule has 0 saturated carbocycles. The zero-order chi connectivity index (χ0) is 16.2. The van der Waals surface area contributed by atoms with E-state index in [1.54, 1.807) is 11.3 Å². The van der Waals surface area contributed by atoms with Gasteiger partial charge in [-0.2, -0.15) is 16.3 Å². The van der Waals surface area contributed by atoms with Crippen LogP contribution in [0.2, 0.25) is 0 Å². The zero-order valence-electron chi connectivity index (χ0n) is 13.4. The summed E-state index contributed by atoms with van der Waals surface area (Å²) in [6.07, 6.45) is 0.764. The van der Waals surface area contributed by atoms with Crippen LogP contribution in [0.1, 0.15) is 17.7 Å². The van der Waals surface area contributed by atoms with Gasteiger partial charge in [0.1, 0.15) is 5.82 Å². The monoisotopic (exact) mass is 333 g/mol. The molecule has 3 heterocycles. The predicted molar refractivity (Wildman–Crippen MR) is 93.6 cm³/mol. The van der Waals surface area contributed by atoms with Crippen LogP contribution < -0.4 is 10.6 Å². The normalized spacial score (nSPS) is 19.2. The van der Waals surface area contributed by atoms with E-state index in [2.05, 4.69) is 36.6 Å². The van der Waals surface area contributed by atoms with Crippen LogP contribution in [0, 0.1) is 6.92 Å². The van der Waals surface area contributed by atoms with Crippen LogP contribution in [-0.4, -0.2) is 52.3 Å². The summed E-state index contributed by atoms with van der Waals surface area (Å²) in [6, 6.07) is 4.45. The standard InChI is InChI=1S/C16H23N5OS/c1-12-8-15(19-16(17)18-12)21-5-4-20(14(10-21)2-6-22)9-13-3-7-23-11-13/h3,7-8,11,14,22H,2,4-6,9-10H2,1H3,(H2,17,18,19)/t14-/m0/s1. The first-order valence-electron chi connectivity index (χ1n) is 7.88. The average Bonchev–Trinajstić information content (AvgIpc) is 3.01. The summed E-state index contributed by atoms with van der Waals surface area (Å²) < 4.78 is 0. The van der Waals surface area contributed by atoms with E-state index < -0.39 is 0 Å². The van der Waals surface area contributed by atoms with Crippen LogP contribution in [-0.2, 0) is 6.54 Å². The fourth-order valence-corrected chi connectivity index (χ4v) is 3.75. The van der Waals surface area contributed by atoms with Crippen LogP contribution in [0.3, 0.4) is 0 Å². The maximum atomic E-state index is 9.42. The lowest BCUT2D eigenvalue weighted by Crippen LogP contribution is -2.53. The molecule has 2 aromatic heterocycles. The van der Waals surface area contributed by atoms with Crippen LogP contribution in [0.5, 0.6) is 0 Å². The number of rotatable bonds is 5.